The van der Waals surface area contributed by atoms with Crippen molar-refractivity contribution in [3.8, 4) is 0 Å². The highest BCUT2D eigenvalue weighted by molar-refractivity contribution is 5.77. The van der Waals surface area contributed by atoms with Crippen LogP contribution in [0, 0.1) is 11.3 Å². The molecule has 1 heterocycles. The Morgan fingerprint density at radius 3 is 2.10 bits per heavy atom. The fourth-order valence-electron chi connectivity index (χ4n) is 1.96. The Kier molecular flexibility index (Phi) is 7.76. The topological polar surface area (TPSA) is 117 Å². The van der Waals surface area contributed by atoms with Gasteiger partial charge in [-0.2, -0.15) is 0 Å². The van der Waals surface area contributed by atoms with E-state index in [-0.39, 0.29) is 11.9 Å². The number of amidine groups is 1. The van der Waals surface area contributed by atoms with Gasteiger partial charge in [-0.25, -0.2) is 4.79 Å². The van der Waals surface area contributed by atoms with Crippen LogP contribution in [0.15, 0.2) is 0 Å². The van der Waals surface area contributed by atoms with Gasteiger partial charge < -0.3 is 20.5 Å². The average Bonchev–Trinajstić information content (AvgIpc) is 2.25. The average molecular weight is 301 g/mol. The zero-order valence-electron chi connectivity index (χ0n) is 13.3. The van der Waals surface area contributed by atoms with E-state index >= 15 is 0 Å². The van der Waals surface area contributed by atoms with Gasteiger partial charge in [-0.3, -0.25) is 10.2 Å². The highest BCUT2D eigenvalue weighted by Crippen LogP contribution is 2.21. The summed E-state index contributed by atoms with van der Waals surface area (Å²) in [7, 11) is 0. The second kappa shape index (κ2) is 8.49. The first kappa shape index (κ1) is 19.2. The lowest BCUT2D eigenvalue weighted by Gasteiger charge is -2.33. The number of ether oxygens (including phenoxy) is 1. The van der Waals surface area contributed by atoms with Gasteiger partial charge in [-0.15, -0.1) is 0 Å². The van der Waals surface area contributed by atoms with Gasteiger partial charge in [-0.1, -0.05) is 0 Å². The van der Waals surface area contributed by atoms with Crippen LogP contribution in [0.1, 0.15) is 47.0 Å². The molecule has 0 aromatic carbocycles. The van der Waals surface area contributed by atoms with Crippen LogP contribution >= 0.6 is 0 Å². The smallest absolute Gasteiger partial charge is 0.410 e. The third kappa shape index (κ3) is 10.6. The number of carboxylic acid groups (broad SMARTS) is 1. The molecule has 0 aromatic rings. The molecule has 0 aliphatic carbocycles. The molecule has 0 radical (unpaired) electrons. The molecular formula is C14H27N3O4. The first-order chi connectivity index (χ1) is 9.51. The molecule has 1 rings (SSSR count). The third-order valence-corrected chi connectivity index (χ3v) is 2.77. The summed E-state index contributed by atoms with van der Waals surface area (Å²) in [4.78, 5) is 22.5. The van der Waals surface area contributed by atoms with E-state index in [0.29, 0.717) is 25.4 Å². The zero-order chi connectivity index (χ0) is 16.6. The maximum atomic E-state index is 11.8. The standard InChI is InChI=1S/C12H23N3O2.C2H4O2/c1-12(2,3)17-11(16)15-6-4-9(5-7-15)8-10(13)14;1-2(3)4/h9H,4-8H2,1-3H3,(H3,13,14);1H3,(H,3,4). The lowest BCUT2D eigenvalue weighted by molar-refractivity contribution is -0.134. The Morgan fingerprint density at radius 2 is 1.76 bits per heavy atom. The van der Waals surface area contributed by atoms with E-state index < -0.39 is 11.6 Å². The summed E-state index contributed by atoms with van der Waals surface area (Å²) in [5.74, 6) is -0.160. The van der Waals surface area contributed by atoms with Gasteiger partial charge in [0.1, 0.15) is 5.60 Å². The van der Waals surface area contributed by atoms with Crippen molar-refractivity contribution in [3.63, 3.8) is 0 Å². The zero-order valence-corrected chi connectivity index (χ0v) is 13.3. The molecule has 0 spiro atoms. The number of nitrogens with two attached hydrogens (primary N) is 1. The predicted octanol–water partition coefficient (Wildman–Crippen LogP) is 2.05. The maximum Gasteiger partial charge on any atom is 0.410 e. The number of hydrogen-bond acceptors (Lipinski definition) is 4. The third-order valence-electron chi connectivity index (χ3n) is 2.77. The quantitative estimate of drug-likeness (QED) is 0.533. The molecular weight excluding hydrogens is 274 g/mol. The highest BCUT2D eigenvalue weighted by Gasteiger charge is 2.26. The molecule has 122 valence electrons. The van der Waals surface area contributed by atoms with E-state index in [0.717, 1.165) is 19.8 Å². The van der Waals surface area contributed by atoms with Crippen molar-refractivity contribution in [1.29, 1.82) is 5.41 Å². The Balaban J connectivity index is 0.000000885. The number of piperidine rings is 1. The van der Waals surface area contributed by atoms with E-state index in [1.165, 1.54) is 0 Å². The predicted molar refractivity (Wildman–Crippen MR) is 80.4 cm³/mol. The van der Waals surface area contributed by atoms with Gasteiger partial charge in [0.05, 0.1) is 5.84 Å². The fourth-order valence-corrected chi connectivity index (χ4v) is 1.96. The Morgan fingerprint density at radius 1 is 1.33 bits per heavy atom. The molecule has 1 aliphatic heterocycles. The largest absolute Gasteiger partial charge is 0.481 e. The van der Waals surface area contributed by atoms with E-state index in [1.54, 1.807) is 4.90 Å². The Labute approximate surface area is 125 Å². The molecule has 0 atom stereocenters. The molecule has 1 fully saturated rings. The number of amides is 1. The molecule has 0 aromatic heterocycles. The highest BCUT2D eigenvalue weighted by atomic mass is 16.6. The van der Waals surface area contributed by atoms with Crippen molar-refractivity contribution in [2.45, 2.75) is 52.6 Å². The van der Waals surface area contributed by atoms with E-state index in [9.17, 15) is 4.79 Å². The maximum absolute atomic E-state index is 11.8. The Bertz CT molecular complexity index is 365. The lowest BCUT2D eigenvalue weighted by atomic mass is 9.93. The number of carbonyl (C=O) groups excluding carboxylic acids is 1. The van der Waals surface area contributed by atoms with Crippen LogP contribution in [0.3, 0.4) is 0 Å². The minimum Gasteiger partial charge on any atom is -0.481 e. The van der Waals surface area contributed by atoms with Crippen LogP contribution in [0.25, 0.3) is 0 Å². The van der Waals surface area contributed by atoms with Gasteiger partial charge in [-0.05, 0) is 39.5 Å². The van der Waals surface area contributed by atoms with Crippen molar-refractivity contribution < 1.29 is 19.4 Å². The normalized spacial score (nSPS) is 15.7. The second-order valence-corrected chi connectivity index (χ2v) is 6.16. The molecule has 7 nitrogen and oxygen atoms in total. The van der Waals surface area contributed by atoms with Crippen molar-refractivity contribution in [1.82, 2.24) is 4.90 Å². The second-order valence-electron chi connectivity index (χ2n) is 6.16. The van der Waals surface area contributed by atoms with Gasteiger partial charge in [0.2, 0.25) is 0 Å². The number of likely N-dealkylation sites (tertiary alicyclic amines) is 1. The van der Waals surface area contributed by atoms with Crippen LogP contribution in [-0.2, 0) is 9.53 Å². The van der Waals surface area contributed by atoms with Crippen molar-refractivity contribution >= 4 is 17.9 Å². The molecule has 4 N–H and O–H groups in total. The number of aliphatic carboxylic acids is 1. The molecule has 21 heavy (non-hydrogen) atoms. The molecule has 1 aliphatic rings. The van der Waals surface area contributed by atoms with E-state index in [2.05, 4.69) is 0 Å². The molecule has 0 unspecified atom stereocenters. The minimum absolute atomic E-state index is 0.237. The summed E-state index contributed by atoms with van der Waals surface area (Å²) in [6.45, 7) is 8.09. The molecule has 0 bridgehead atoms. The number of nitrogens with one attached hydrogen (secondary N) is 1. The molecule has 0 saturated carbocycles. The van der Waals surface area contributed by atoms with E-state index in [1.807, 2.05) is 20.8 Å². The summed E-state index contributed by atoms with van der Waals surface area (Å²) in [5.41, 5.74) is 4.94. The van der Waals surface area contributed by atoms with Gasteiger partial charge in [0.25, 0.3) is 5.97 Å². The molecule has 1 amide bonds. The van der Waals surface area contributed by atoms with Crippen LogP contribution in [0.4, 0.5) is 4.79 Å². The van der Waals surface area contributed by atoms with Crippen LogP contribution in [-0.4, -0.2) is 46.6 Å². The van der Waals surface area contributed by atoms with Gasteiger partial charge >= 0.3 is 6.09 Å². The summed E-state index contributed by atoms with van der Waals surface area (Å²) in [6.07, 6.45) is 2.21. The number of carboxylic acids is 1. The SMILES string of the molecule is CC(=O)O.CC(C)(C)OC(=O)N1CCC(CC(=N)N)CC1. The van der Waals surface area contributed by atoms with Crippen molar-refractivity contribution in [2.24, 2.45) is 11.7 Å². The monoisotopic (exact) mass is 301 g/mol. The van der Waals surface area contributed by atoms with Crippen LogP contribution < -0.4 is 5.73 Å². The Hall–Kier alpha value is -1.79. The van der Waals surface area contributed by atoms with Gasteiger partial charge in [0.15, 0.2) is 0 Å². The first-order valence-electron chi connectivity index (χ1n) is 7.01. The van der Waals surface area contributed by atoms with Crippen LogP contribution in [0.5, 0.6) is 0 Å². The number of nitrogens with zero attached hydrogens (tertiary/aromatic N) is 1. The van der Waals surface area contributed by atoms with E-state index in [4.69, 9.17) is 25.8 Å². The van der Waals surface area contributed by atoms with Gasteiger partial charge in [0, 0.05) is 26.4 Å². The summed E-state index contributed by atoms with van der Waals surface area (Å²) in [6, 6.07) is 0. The van der Waals surface area contributed by atoms with Crippen LogP contribution in [0.2, 0.25) is 0 Å². The lowest BCUT2D eigenvalue weighted by Crippen LogP contribution is -2.42. The molecule has 7 heteroatoms. The minimum atomic E-state index is -0.833. The number of carbonyl (C=O) groups is 2. The fraction of sp³-hybridized carbons (Fsp3) is 0.786. The summed E-state index contributed by atoms with van der Waals surface area (Å²) >= 11 is 0. The first-order valence-corrected chi connectivity index (χ1v) is 7.01. The van der Waals surface area contributed by atoms with Crippen molar-refractivity contribution in [2.75, 3.05) is 13.1 Å². The number of rotatable bonds is 2. The summed E-state index contributed by atoms with van der Waals surface area (Å²) in [5, 5.41) is 14.7. The number of hydrogen-bond donors (Lipinski definition) is 3. The molecule has 1 saturated heterocycles. The van der Waals surface area contributed by atoms with Crippen molar-refractivity contribution in [3.05, 3.63) is 0 Å². The summed E-state index contributed by atoms with van der Waals surface area (Å²) < 4.78 is 5.31.